The van der Waals surface area contributed by atoms with Crippen molar-refractivity contribution in [3.05, 3.63) is 65.5 Å². The van der Waals surface area contributed by atoms with E-state index < -0.39 is 6.04 Å². The average molecular weight is 372 g/mol. The van der Waals surface area contributed by atoms with Gasteiger partial charge < -0.3 is 15.0 Å². The molecular formula is C21H25FN2O3. The number of aryl methyl sites for hydroxylation is 1. The van der Waals surface area contributed by atoms with Gasteiger partial charge in [-0.15, -0.1) is 0 Å². The second kappa shape index (κ2) is 9.71. The van der Waals surface area contributed by atoms with Crippen molar-refractivity contribution >= 4 is 11.8 Å². The van der Waals surface area contributed by atoms with Gasteiger partial charge in [0.15, 0.2) is 6.61 Å². The maximum Gasteiger partial charge on any atom is 0.261 e. The molecule has 0 aromatic heterocycles. The molecule has 27 heavy (non-hydrogen) atoms. The van der Waals surface area contributed by atoms with Crippen LogP contribution in [0.3, 0.4) is 0 Å². The molecule has 0 fully saturated rings. The molecule has 0 aliphatic rings. The molecule has 0 saturated heterocycles. The summed E-state index contributed by atoms with van der Waals surface area (Å²) in [5, 5.41) is 2.55. The molecule has 2 aromatic carbocycles. The standard InChI is InChI=1S/C21H25FN2O3/c1-4-16-7-11-19(12-8-16)27-14-20(25)24(15(2)21(26)23-3)13-17-5-9-18(22)10-6-17/h5-12,15H,4,13-14H2,1-3H3,(H,23,26). The van der Waals surface area contributed by atoms with Crippen molar-refractivity contribution < 1.29 is 18.7 Å². The summed E-state index contributed by atoms with van der Waals surface area (Å²) in [5.41, 5.74) is 1.91. The maximum absolute atomic E-state index is 13.1. The van der Waals surface area contributed by atoms with Crippen molar-refractivity contribution in [1.29, 1.82) is 0 Å². The van der Waals surface area contributed by atoms with E-state index in [2.05, 4.69) is 12.2 Å². The summed E-state index contributed by atoms with van der Waals surface area (Å²) in [4.78, 5) is 26.2. The van der Waals surface area contributed by atoms with Crippen LogP contribution in [0.2, 0.25) is 0 Å². The summed E-state index contributed by atoms with van der Waals surface area (Å²) < 4.78 is 18.7. The Hall–Kier alpha value is -2.89. The molecule has 2 rings (SSSR count). The van der Waals surface area contributed by atoms with Crippen LogP contribution in [0.5, 0.6) is 5.75 Å². The fourth-order valence-corrected chi connectivity index (χ4v) is 2.63. The Balaban J connectivity index is 2.09. The number of hydrogen-bond acceptors (Lipinski definition) is 3. The number of amides is 2. The molecule has 0 aliphatic heterocycles. The molecule has 1 unspecified atom stereocenters. The van der Waals surface area contributed by atoms with Gasteiger partial charge in [0.05, 0.1) is 0 Å². The number of nitrogens with zero attached hydrogens (tertiary/aromatic N) is 1. The maximum atomic E-state index is 13.1. The number of carbonyl (C=O) groups excluding carboxylic acids is 2. The largest absolute Gasteiger partial charge is 0.484 e. The summed E-state index contributed by atoms with van der Waals surface area (Å²) in [6.07, 6.45) is 0.925. The van der Waals surface area contributed by atoms with E-state index in [1.165, 1.54) is 29.6 Å². The van der Waals surface area contributed by atoms with Crippen molar-refractivity contribution in [2.24, 2.45) is 0 Å². The zero-order valence-electron chi connectivity index (χ0n) is 15.9. The van der Waals surface area contributed by atoms with Crippen molar-refractivity contribution in [2.45, 2.75) is 32.9 Å². The molecule has 1 N–H and O–H groups in total. The quantitative estimate of drug-likeness (QED) is 0.775. The third kappa shape index (κ3) is 5.81. The highest BCUT2D eigenvalue weighted by molar-refractivity contribution is 5.87. The molecule has 0 spiro atoms. The van der Waals surface area contributed by atoms with E-state index in [-0.39, 0.29) is 30.8 Å². The van der Waals surface area contributed by atoms with E-state index in [1.807, 2.05) is 24.3 Å². The SMILES string of the molecule is CCc1ccc(OCC(=O)N(Cc2ccc(F)cc2)C(C)C(=O)NC)cc1. The molecule has 6 heteroatoms. The topological polar surface area (TPSA) is 58.6 Å². The molecule has 1 atom stereocenters. The van der Waals surface area contributed by atoms with E-state index in [9.17, 15) is 14.0 Å². The lowest BCUT2D eigenvalue weighted by Crippen LogP contribution is -2.48. The zero-order chi connectivity index (χ0) is 19.8. The summed E-state index contributed by atoms with van der Waals surface area (Å²) in [6, 6.07) is 12.7. The third-order valence-corrected chi connectivity index (χ3v) is 4.37. The average Bonchev–Trinajstić information content (AvgIpc) is 2.70. The van der Waals surface area contributed by atoms with Crippen LogP contribution in [-0.2, 0) is 22.6 Å². The van der Waals surface area contributed by atoms with E-state index in [0.29, 0.717) is 5.75 Å². The summed E-state index contributed by atoms with van der Waals surface area (Å²) in [7, 11) is 1.52. The molecule has 0 radical (unpaired) electrons. The van der Waals surface area contributed by atoms with Gasteiger partial charge in [-0.3, -0.25) is 9.59 Å². The van der Waals surface area contributed by atoms with E-state index in [0.717, 1.165) is 12.0 Å². The van der Waals surface area contributed by atoms with Gasteiger partial charge in [0, 0.05) is 13.6 Å². The van der Waals surface area contributed by atoms with Gasteiger partial charge in [-0.25, -0.2) is 4.39 Å². The molecule has 2 aromatic rings. The molecule has 2 amide bonds. The predicted molar refractivity (Wildman–Crippen MR) is 102 cm³/mol. The number of likely N-dealkylation sites (N-methyl/N-ethyl adjacent to an activating group) is 1. The highest BCUT2D eigenvalue weighted by Gasteiger charge is 2.25. The van der Waals surface area contributed by atoms with Crippen LogP contribution < -0.4 is 10.1 Å². The van der Waals surface area contributed by atoms with Crippen LogP contribution in [-0.4, -0.2) is 36.4 Å². The summed E-state index contributed by atoms with van der Waals surface area (Å²) in [5.74, 6) is -0.363. The van der Waals surface area contributed by atoms with Crippen LogP contribution in [0.25, 0.3) is 0 Å². The normalized spacial score (nSPS) is 11.6. The van der Waals surface area contributed by atoms with Crippen molar-refractivity contribution in [1.82, 2.24) is 10.2 Å². The van der Waals surface area contributed by atoms with Gasteiger partial charge >= 0.3 is 0 Å². The summed E-state index contributed by atoms with van der Waals surface area (Å²) >= 11 is 0. The van der Waals surface area contributed by atoms with Gasteiger partial charge in [-0.2, -0.15) is 0 Å². The second-order valence-corrected chi connectivity index (χ2v) is 6.22. The van der Waals surface area contributed by atoms with Crippen LogP contribution in [0.4, 0.5) is 4.39 Å². The predicted octanol–water partition coefficient (Wildman–Crippen LogP) is 2.93. The zero-order valence-corrected chi connectivity index (χ0v) is 15.9. The Labute approximate surface area is 159 Å². The van der Waals surface area contributed by atoms with Crippen LogP contribution >= 0.6 is 0 Å². The van der Waals surface area contributed by atoms with Gasteiger partial charge in [0.2, 0.25) is 5.91 Å². The lowest BCUT2D eigenvalue weighted by atomic mass is 10.1. The first kappa shape index (κ1) is 20.4. The Morgan fingerprint density at radius 1 is 1.07 bits per heavy atom. The molecule has 0 saturated carbocycles. The van der Waals surface area contributed by atoms with Crippen molar-refractivity contribution in [3.63, 3.8) is 0 Å². The van der Waals surface area contributed by atoms with Gasteiger partial charge in [0.1, 0.15) is 17.6 Å². The van der Waals surface area contributed by atoms with Crippen molar-refractivity contribution in [2.75, 3.05) is 13.7 Å². The van der Waals surface area contributed by atoms with Crippen LogP contribution in [0.15, 0.2) is 48.5 Å². The number of carbonyl (C=O) groups is 2. The molecule has 0 heterocycles. The molecule has 0 bridgehead atoms. The monoisotopic (exact) mass is 372 g/mol. The second-order valence-electron chi connectivity index (χ2n) is 6.22. The van der Waals surface area contributed by atoms with E-state index in [4.69, 9.17) is 4.74 Å². The number of benzene rings is 2. The van der Waals surface area contributed by atoms with Gasteiger partial charge in [-0.1, -0.05) is 31.2 Å². The molecular weight excluding hydrogens is 347 g/mol. The lowest BCUT2D eigenvalue weighted by molar-refractivity contribution is -0.142. The highest BCUT2D eigenvalue weighted by atomic mass is 19.1. The summed E-state index contributed by atoms with van der Waals surface area (Å²) in [6.45, 7) is 3.71. The number of ether oxygens (including phenoxy) is 1. The first-order valence-electron chi connectivity index (χ1n) is 8.91. The van der Waals surface area contributed by atoms with Gasteiger partial charge in [-0.05, 0) is 48.7 Å². The first-order chi connectivity index (χ1) is 12.9. The van der Waals surface area contributed by atoms with Crippen molar-refractivity contribution in [3.8, 4) is 5.75 Å². The number of hydrogen-bond donors (Lipinski definition) is 1. The molecule has 5 nitrogen and oxygen atoms in total. The van der Waals surface area contributed by atoms with Crippen LogP contribution in [0, 0.1) is 5.82 Å². The van der Waals surface area contributed by atoms with Gasteiger partial charge in [0.25, 0.3) is 5.91 Å². The third-order valence-electron chi connectivity index (χ3n) is 4.37. The van der Waals surface area contributed by atoms with E-state index >= 15 is 0 Å². The first-order valence-corrected chi connectivity index (χ1v) is 8.91. The Bertz CT molecular complexity index is 760. The van der Waals surface area contributed by atoms with E-state index in [1.54, 1.807) is 19.1 Å². The minimum Gasteiger partial charge on any atom is -0.484 e. The van der Waals surface area contributed by atoms with Crippen LogP contribution in [0.1, 0.15) is 25.0 Å². The highest BCUT2D eigenvalue weighted by Crippen LogP contribution is 2.14. The molecule has 144 valence electrons. The Morgan fingerprint density at radius 3 is 2.22 bits per heavy atom. The minimum atomic E-state index is -0.682. The molecule has 0 aliphatic carbocycles. The number of halogens is 1. The fourth-order valence-electron chi connectivity index (χ4n) is 2.63. The lowest BCUT2D eigenvalue weighted by Gasteiger charge is -2.28. The smallest absolute Gasteiger partial charge is 0.261 e. The number of nitrogens with one attached hydrogen (secondary N) is 1. The Morgan fingerprint density at radius 2 is 1.67 bits per heavy atom. The number of rotatable bonds is 8. The Kier molecular flexibility index (Phi) is 7.34. The fraction of sp³-hybridized carbons (Fsp3) is 0.333. The minimum absolute atomic E-state index is 0.186.